The van der Waals surface area contributed by atoms with Crippen molar-refractivity contribution in [2.24, 2.45) is 14.1 Å². The fourth-order valence-corrected chi connectivity index (χ4v) is 2.68. The van der Waals surface area contributed by atoms with Crippen LogP contribution in [0, 0.1) is 0 Å². The van der Waals surface area contributed by atoms with Gasteiger partial charge in [-0.15, -0.1) is 0 Å². The Kier molecular flexibility index (Phi) is 3.61. The molecule has 0 N–H and O–H groups in total. The summed E-state index contributed by atoms with van der Waals surface area (Å²) in [5.74, 6) is 0.261. The third-order valence-electron chi connectivity index (χ3n) is 2.91. The van der Waals surface area contributed by atoms with Gasteiger partial charge in [0.25, 0.3) is 5.56 Å². The Balaban J connectivity index is 2.87. The third kappa shape index (κ3) is 2.01. The second-order valence-electron chi connectivity index (χ2n) is 3.99. The predicted octanol–water partition coefficient (Wildman–Crippen LogP) is -0.255. The van der Waals surface area contributed by atoms with Crippen molar-refractivity contribution < 1.29 is 4.79 Å². The van der Waals surface area contributed by atoms with Crippen LogP contribution in [0.3, 0.4) is 0 Å². The summed E-state index contributed by atoms with van der Waals surface area (Å²) in [6.07, 6.45) is 0.779. The number of aryl methyl sites for hydroxylation is 2. The number of imidazole rings is 1. The average molecular weight is 282 g/mol. The molecule has 102 valence electrons. The van der Waals surface area contributed by atoms with E-state index in [0.717, 1.165) is 10.9 Å². The molecule has 0 aliphatic heterocycles. The molecule has 2 aromatic heterocycles. The number of fused-ring (bicyclic) bond motifs is 1. The molecule has 0 aromatic carbocycles. The Morgan fingerprint density at radius 1 is 1.26 bits per heavy atom. The van der Waals surface area contributed by atoms with E-state index in [1.165, 1.54) is 23.4 Å². The SMILES string of the molecule is CCn1c(SCC=O)nc2c1c(=O)n(C)c(=O)n2C. The van der Waals surface area contributed by atoms with Crippen molar-refractivity contribution in [2.75, 3.05) is 5.75 Å². The van der Waals surface area contributed by atoms with Crippen LogP contribution in [-0.4, -0.2) is 30.7 Å². The van der Waals surface area contributed by atoms with E-state index in [4.69, 9.17) is 0 Å². The molecule has 0 aliphatic carbocycles. The summed E-state index contributed by atoms with van der Waals surface area (Å²) in [5.41, 5.74) is -0.0422. The predicted molar refractivity (Wildman–Crippen MR) is 72.7 cm³/mol. The molecular formula is C11H14N4O3S. The van der Waals surface area contributed by atoms with Crippen LogP contribution in [0.25, 0.3) is 11.2 Å². The van der Waals surface area contributed by atoms with Gasteiger partial charge in [-0.3, -0.25) is 13.9 Å². The topological polar surface area (TPSA) is 78.9 Å². The lowest BCUT2D eigenvalue weighted by molar-refractivity contribution is -0.105. The quantitative estimate of drug-likeness (QED) is 0.570. The minimum Gasteiger partial charge on any atom is -0.313 e. The summed E-state index contributed by atoms with van der Waals surface area (Å²) in [4.78, 5) is 38.8. The van der Waals surface area contributed by atoms with Gasteiger partial charge in [0.05, 0.1) is 5.75 Å². The number of rotatable bonds is 4. The molecule has 8 heteroatoms. The maximum Gasteiger partial charge on any atom is 0.332 e. The summed E-state index contributed by atoms with van der Waals surface area (Å²) in [6, 6.07) is 0. The fraction of sp³-hybridized carbons (Fsp3) is 0.455. The smallest absolute Gasteiger partial charge is 0.313 e. The first-order valence-corrected chi connectivity index (χ1v) is 6.74. The van der Waals surface area contributed by atoms with Crippen molar-refractivity contribution in [1.82, 2.24) is 18.7 Å². The summed E-state index contributed by atoms with van der Waals surface area (Å²) in [5, 5.41) is 0.572. The molecule has 7 nitrogen and oxygen atoms in total. The lowest BCUT2D eigenvalue weighted by atomic mass is 10.5. The molecule has 0 fully saturated rings. The van der Waals surface area contributed by atoms with E-state index in [1.54, 1.807) is 11.6 Å². The van der Waals surface area contributed by atoms with Crippen molar-refractivity contribution >= 4 is 29.2 Å². The van der Waals surface area contributed by atoms with Gasteiger partial charge in [-0.25, -0.2) is 9.78 Å². The van der Waals surface area contributed by atoms with E-state index < -0.39 is 5.69 Å². The van der Waals surface area contributed by atoms with Crippen LogP contribution in [-0.2, 0) is 25.4 Å². The van der Waals surface area contributed by atoms with Crippen LogP contribution in [0.1, 0.15) is 6.92 Å². The highest BCUT2D eigenvalue weighted by Gasteiger charge is 2.18. The molecular weight excluding hydrogens is 268 g/mol. The average Bonchev–Trinajstić information content (AvgIpc) is 2.79. The van der Waals surface area contributed by atoms with Crippen molar-refractivity contribution in [3.63, 3.8) is 0 Å². The minimum absolute atomic E-state index is 0.261. The van der Waals surface area contributed by atoms with Gasteiger partial charge in [-0.1, -0.05) is 11.8 Å². The molecule has 0 spiro atoms. The maximum absolute atomic E-state index is 12.2. The standard InChI is InChI=1S/C11H14N4O3S/c1-4-15-7-8(12-10(15)19-6-5-16)13(2)11(18)14(3)9(7)17/h5H,4,6H2,1-3H3. The van der Waals surface area contributed by atoms with Crippen LogP contribution >= 0.6 is 11.8 Å². The number of nitrogens with zero attached hydrogens (tertiary/aromatic N) is 4. The highest BCUT2D eigenvalue weighted by atomic mass is 32.2. The first-order valence-electron chi connectivity index (χ1n) is 5.75. The van der Waals surface area contributed by atoms with Crippen LogP contribution < -0.4 is 11.2 Å². The Labute approximate surface area is 112 Å². The molecule has 0 saturated carbocycles. The number of thioether (sulfide) groups is 1. The number of aromatic nitrogens is 4. The number of carbonyl (C=O) groups is 1. The van der Waals surface area contributed by atoms with Gasteiger partial charge in [-0.05, 0) is 6.92 Å². The third-order valence-corrected chi connectivity index (χ3v) is 3.78. The van der Waals surface area contributed by atoms with Gasteiger partial charge in [0.1, 0.15) is 6.29 Å². The van der Waals surface area contributed by atoms with E-state index >= 15 is 0 Å². The van der Waals surface area contributed by atoms with Crippen LogP contribution in [0.15, 0.2) is 14.7 Å². The molecule has 0 bridgehead atoms. The Bertz CT molecular complexity index is 756. The van der Waals surface area contributed by atoms with E-state index in [1.807, 2.05) is 6.92 Å². The zero-order chi connectivity index (χ0) is 14.2. The van der Waals surface area contributed by atoms with Gasteiger partial charge in [-0.2, -0.15) is 0 Å². The fourth-order valence-electron chi connectivity index (χ4n) is 1.94. The summed E-state index contributed by atoms with van der Waals surface area (Å²) >= 11 is 1.25. The lowest BCUT2D eigenvalue weighted by Gasteiger charge is -2.05. The number of carbonyl (C=O) groups excluding carboxylic acids is 1. The van der Waals surface area contributed by atoms with Crippen LogP contribution in [0.2, 0.25) is 0 Å². The van der Waals surface area contributed by atoms with Crippen LogP contribution in [0.4, 0.5) is 0 Å². The number of aldehydes is 1. The summed E-state index contributed by atoms with van der Waals surface area (Å²) < 4.78 is 4.13. The van der Waals surface area contributed by atoms with Gasteiger partial charge >= 0.3 is 5.69 Å². The van der Waals surface area contributed by atoms with E-state index in [-0.39, 0.29) is 11.3 Å². The summed E-state index contributed by atoms with van der Waals surface area (Å²) in [6.45, 7) is 2.43. The molecule has 2 rings (SSSR count). The second kappa shape index (κ2) is 5.04. The van der Waals surface area contributed by atoms with Crippen molar-refractivity contribution in [1.29, 1.82) is 0 Å². The van der Waals surface area contributed by atoms with E-state index in [0.29, 0.717) is 22.9 Å². The molecule has 0 amide bonds. The van der Waals surface area contributed by atoms with E-state index in [9.17, 15) is 14.4 Å². The zero-order valence-electron chi connectivity index (χ0n) is 10.9. The van der Waals surface area contributed by atoms with Crippen molar-refractivity contribution in [3.05, 3.63) is 20.8 Å². The molecule has 0 unspecified atom stereocenters. The van der Waals surface area contributed by atoms with E-state index in [2.05, 4.69) is 4.98 Å². The molecule has 0 radical (unpaired) electrons. The first-order chi connectivity index (χ1) is 9.02. The molecule has 0 saturated heterocycles. The highest BCUT2D eigenvalue weighted by Crippen LogP contribution is 2.20. The van der Waals surface area contributed by atoms with Gasteiger partial charge in [0.2, 0.25) is 0 Å². The second-order valence-corrected chi connectivity index (χ2v) is 4.98. The summed E-state index contributed by atoms with van der Waals surface area (Å²) in [7, 11) is 3.01. The number of hydrogen-bond acceptors (Lipinski definition) is 5. The lowest BCUT2D eigenvalue weighted by Crippen LogP contribution is -2.37. The monoisotopic (exact) mass is 282 g/mol. The van der Waals surface area contributed by atoms with Crippen molar-refractivity contribution in [3.8, 4) is 0 Å². The number of hydrogen-bond donors (Lipinski definition) is 0. The largest absolute Gasteiger partial charge is 0.332 e. The molecule has 19 heavy (non-hydrogen) atoms. The Morgan fingerprint density at radius 2 is 1.95 bits per heavy atom. The van der Waals surface area contributed by atoms with Crippen LogP contribution in [0.5, 0.6) is 0 Å². The first kappa shape index (κ1) is 13.6. The maximum atomic E-state index is 12.2. The molecule has 2 heterocycles. The molecule has 0 atom stereocenters. The Morgan fingerprint density at radius 3 is 2.53 bits per heavy atom. The van der Waals surface area contributed by atoms with Gasteiger partial charge in [0.15, 0.2) is 16.3 Å². The zero-order valence-corrected chi connectivity index (χ0v) is 11.7. The minimum atomic E-state index is -0.412. The van der Waals surface area contributed by atoms with Crippen molar-refractivity contribution in [2.45, 2.75) is 18.6 Å². The molecule has 0 aliphatic rings. The van der Waals surface area contributed by atoms with Gasteiger partial charge < -0.3 is 9.36 Å². The Hall–Kier alpha value is -1.83. The molecule has 2 aromatic rings. The van der Waals surface area contributed by atoms with Gasteiger partial charge in [0, 0.05) is 20.6 Å². The normalized spacial score (nSPS) is 11.1. The highest BCUT2D eigenvalue weighted by molar-refractivity contribution is 7.99.